The minimum atomic E-state index is -5.84. The molecule has 2 atom stereocenters. The van der Waals surface area contributed by atoms with E-state index in [1.165, 1.54) is 62.9 Å². The SMILES string of the molecule is CO.CO.O=S(=O)(O)C(F)(F)F.[2H]C([2H])([2H])c1cc(C)c2c(n1)oc1c(-c3cc(C([2H])(C)C([2H])([2H])[2H])ccn3)[c-]ccc12.[2H]C([2H])([2H])c1cc(C)c2c(n1)oc1c(-c3cc(C([2H])(C)C([2H])([2H])[2H])ccn3)cccc12.[2H]C([2H])([2H])c1ccc(-c2[c-]cccc2)nc1.[2H]C([2H])([2H])c1ccc(-c2[c-]cccc2)nc1.[Ir].[Ir]. The summed E-state index contributed by atoms with van der Waals surface area (Å²) in [5.41, 5.74) is 3.37. The number of rotatable bonds is 6. The van der Waals surface area contributed by atoms with Crippen LogP contribution in [0.15, 0.2) is 173 Å². The van der Waals surface area contributed by atoms with Crippen LogP contribution < -0.4 is 0 Å². The Balaban J connectivity index is 0.000000298. The number of nitrogens with zero attached hydrogens (tertiary/aromatic N) is 6. The van der Waals surface area contributed by atoms with Gasteiger partial charge in [0.15, 0.2) is 0 Å². The number of aromatic nitrogens is 6. The number of fused-ring (bicyclic) bond motifs is 6. The van der Waals surface area contributed by atoms with Crippen molar-refractivity contribution in [2.24, 2.45) is 0 Å². The number of aliphatic hydroxyl groups is 2. The Labute approximate surface area is 567 Å². The van der Waals surface area contributed by atoms with E-state index < -0.39 is 68.5 Å². The van der Waals surface area contributed by atoms with Gasteiger partial charge in [0, 0.05) is 134 Å². The van der Waals surface area contributed by atoms with Crippen molar-refractivity contribution in [2.45, 2.75) is 86.1 Å². The average Bonchev–Trinajstić information content (AvgIpc) is 1.57. The van der Waals surface area contributed by atoms with Crippen molar-refractivity contribution in [1.82, 2.24) is 29.9 Å². The molecule has 19 heteroatoms. The van der Waals surface area contributed by atoms with Gasteiger partial charge in [-0.1, -0.05) is 86.5 Å². The summed E-state index contributed by atoms with van der Waals surface area (Å²) in [4.78, 5) is 25.4. The molecule has 4 aromatic carbocycles. The maximum absolute atomic E-state index is 10.7. The normalized spacial score (nSPS) is 16.3. The summed E-state index contributed by atoms with van der Waals surface area (Å²) in [7, 11) is -3.84. The fraction of sp³-hybridized carbons (Fsp3) is 0.217. The van der Waals surface area contributed by atoms with Gasteiger partial charge in [0.1, 0.15) is 5.58 Å². The van der Waals surface area contributed by atoms with Gasteiger partial charge in [0.25, 0.3) is 0 Å². The van der Waals surface area contributed by atoms with Crippen LogP contribution >= 0.6 is 0 Å². The molecule has 8 heterocycles. The molecule has 2 radical (unpaired) electrons. The molecule has 12 rings (SSSR count). The summed E-state index contributed by atoms with van der Waals surface area (Å²) in [6, 6.07) is 48.8. The molecule has 0 saturated carbocycles. The summed E-state index contributed by atoms with van der Waals surface area (Å²) in [6.07, 6.45) is 5.71. The standard InChI is InChI=1S/C21H20N2O.C21H19N2O.2C12H10N.CHF3O3S.2CH4O.2Ir/c2*1-12(2)15-8-9-22-18(11-15)16-6-5-7-17-19-13(3)10-14(4)23-21(19)24-20(16)17;2*1-10-7-8-12(13-9-10)11-5-3-2-4-6-11;2-1(3,4)8(5,6)7;2*1-2;;/h5-12H,1-4H3;5,7-12H,1-4H3;2*2-5,7-9H,1H3;(H,5,6,7);2*2H,1H3;;/q;3*-1;;;;;/i2*1D3,4D3,12D;2*1D3;;;;;. The molecule has 0 amide bonds. The smallest absolute Gasteiger partial charge is 0.486 e. The number of aryl methyl sites for hydroxylation is 6. The van der Waals surface area contributed by atoms with E-state index in [4.69, 9.17) is 59.4 Å². The third kappa shape index (κ3) is 18.9. The molecule has 12 aromatic rings. The van der Waals surface area contributed by atoms with Crippen LogP contribution in [0, 0.1) is 59.5 Å². The van der Waals surface area contributed by atoms with Crippen LogP contribution in [0.5, 0.6) is 0 Å². The quantitative estimate of drug-likeness (QED) is 0.0808. The van der Waals surface area contributed by atoms with Gasteiger partial charge in [-0.3, -0.25) is 9.54 Å². The zero-order valence-corrected chi connectivity index (χ0v) is 53.1. The predicted molar refractivity (Wildman–Crippen MR) is 336 cm³/mol. The minimum Gasteiger partial charge on any atom is -0.486 e. The number of alkyl halides is 3. The third-order valence-corrected chi connectivity index (χ3v) is 12.6. The monoisotopic (exact) mass is 1590 g/mol. The van der Waals surface area contributed by atoms with E-state index in [-0.39, 0.29) is 79.7 Å². The molecule has 8 aromatic heterocycles. The van der Waals surface area contributed by atoms with Crippen LogP contribution in [-0.2, 0) is 50.3 Å². The van der Waals surface area contributed by atoms with E-state index in [2.05, 4.69) is 48.1 Å². The van der Waals surface area contributed by atoms with E-state index in [1.807, 2.05) is 55.5 Å². The molecule has 0 fully saturated rings. The van der Waals surface area contributed by atoms with Crippen molar-refractivity contribution >= 4 is 54.3 Å². The molecule has 464 valence electrons. The Morgan fingerprint density at radius 1 is 0.557 bits per heavy atom. The second-order valence-corrected chi connectivity index (χ2v) is 19.4. The molecule has 13 nitrogen and oxygen atoms in total. The van der Waals surface area contributed by atoms with Crippen LogP contribution in [0.4, 0.5) is 13.2 Å². The van der Waals surface area contributed by atoms with Gasteiger partial charge in [-0.2, -0.15) is 21.6 Å². The molecule has 0 aliphatic rings. The maximum Gasteiger partial charge on any atom is 0.522 e. The van der Waals surface area contributed by atoms with Gasteiger partial charge in [0.2, 0.25) is 11.4 Å². The molecular formula is C69H68F3Ir2N6O7S-3. The first-order valence-electron chi connectivity index (χ1n) is 35.3. The average molecular weight is 1590 g/mol. The van der Waals surface area contributed by atoms with Gasteiger partial charge >= 0.3 is 15.6 Å². The van der Waals surface area contributed by atoms with Crippen molar-refractivity contribution in [3.05, 3.63) is 227 Å². The van der Waals surface area contributed by atoms with Gasteiger partial charge in [-0.05, 0) is 134 Å². The maximum atomic E-state index is 10.7. The fourth-order valence-corrected chi connectivity index (χ4v) is 8.13. The number of para-hydroxylation sites is 1. The molecule has 0 saturated heterocycles. The second-order valence-electron chi connectivity index (χ2n) is 17.9. The molecule has 2 unspecified atom stereocenters. The first-order valence-corrected chi connectivity index (χ1v) is 26.8. The largest absolute Gasteiger partial charge is 0.522 e. The van der Waals surface area contributed by atoms with Gasteiger partial charge in [0.05, 0.1) is 16.7 Å². The number of aliphatic hydroxyl groups excluding tert-OH is 2. The zero-order chi connectivity index (χ0) is 79.7. The van der Waals surface area contributed by atoms with Crippen molar-refractivity contribution in [3.63, 3.8) is 0 Å². The summed E-state index contributed by atoms with van der Waals surface area (Å²) in [5.74, 6) is -3.63. The van der Waals surface area contributed by atoms with Crippen LogP contribution in [-0.4, -0.2) is 72.8 Å². The third-order valence-electron chi connectivity index (χ3n) is 12.0. The molecule has 3 N–H and O–H groups in total. The topological polar surface area (TPSA) is 198 Å². The zero-order valence-electron chi connectivity index (χ0n) is 67.5. The molecule has 0 aliphatic carbocycles. The Hall–Kier alpha value is -7.70. The molecule has 88 heavy (non-hydrogen) atoms. The second kappa shape index (κ2) is 33.6. The number of benzene rings is 4. The van der Waals surface area contributed by atoms with E-state index in [1.54, 1.807) is 73.7 Å². The predicted octanol–water partition coefficient (Wildman–Crippen LogP) is 16.7. The fourth-order valence-electron chi connectivity index (χ4n) is 8.13. The molecular weight excluding hydrogens is 1500 g/mol. The van der Waals surface area contributed by atoms with Crippen molar-refractivity contribution in [1.29, 1.82) is 0 Å². The van der Waals surface area contributed by atoms with E-state index in [0.29, 0.717) is 50.0 Å². The summed E-state index contributed by atoms with van der Waals surface area (Å²) in [6.45, 7) is -7.64. The van der Waals surface area contributed by atoms with Crippen molar-refractivity contribution in [3.8, 4) is 45.0 Å². The summed E-state index contributed by atoms with van der Waals surface area (Å²) in [5, 5.41) is 16.9. The van der Waals surface area contributed by atoms with E-state index in [0.717, 1.165) is 58.6 Å². The Morgan fingerprint density at radius 2 is 1.03 bits per heavy atom. The number of pyridine rings is 6. The Bertz CT molecular complexity index is 4790. The number of furan rings is 2. The van der Waals surface area contributed by atoms with Crippen molar-refractivity contribution < 1.29 is 113 Å². The van der Waals surface area contributed by atoms with Crippen molar-refractivity contribution in [2.75, 3.05) is 14.2 Å². The number of hydrogen-bond donors (Lipinski definition) is 3. The van der Waals surface area contributed by atoms with Gasteiger partial charge < -0.3 is 34.0 Å². The summed E-state index contributed by atoms with van der Waals surface area (Å²) < 4.78 is 222. The van der Waals surface area contributed by atoms with Crippen LogP contribution in [0.1, 0.15) is 112 Å². The minimum absolute atomic E-state index is 0. The first-order chi connectivity index (χ1) is 49.0. The van der Waals surface area contributed by atoms with Crippen LogP contribution in [0.2, 0.25) is 0 Å². The van der Waals surface area contributed by atoms with Gasteiger partial charge in [-0.15, -0.1) is 90.0 Å². The number of halogens is 3. The molecule has 0 aliphatic heterocycles. The first kappa shape index (κ1) is 47.3. The Kier molecular flexibility index (Phi) is 18.1. The molecule has 0 spiro atoms. The summed E-state index contributed by atoms with van der Waals surface area (Å²) >= 11 is 0. The number of hydrogen-bond acceptors (Lipinski definition) is 12. The Morgan fingerprint density at radius 3 is 1.47 bits per heavy atom. The molecule has 0 bridgehead atoms. The van der Waals surface area contributed by atoms with Crippen LogP contribution in [0.25, 0.3) is 89.2 Å². The van der Waals surface area contributed by atoms with E-state index in [9.17, 15) is 13.2 Å². The van der Waals surface area contributed by atoms with Crippen LogP contribution in [0.3, 0.4) is 0 Å². The van der Waals surface area contributed by atoms with E-state index >= 15 is 0 Å². The van der Waals surface area contributed by atoms with Gasteiger partial charge in [-0.25, -0.2) is 9.97 Å².